The fraction of sp³-hybridized carbons (Fsp3) is 0.647. The summed E-state index contributed by atoms with van der Waals surface area (Å²) < 4.78 is 23.2. The largest absolute Gasteiger partial charge is 0.387 e. The lowest BCUT2D eigenvalue weighted by Gasteiger charge is -2.28. The van der Waals surface area contributed by atoms with Crippen LogP contribution in [-0.4, -0.2) is 78.9 Å². The lowest BCUT2D eigenvalue weighted by atomic mass is 10.1. The Morgan fingerprint density at radius 2 is 1.93 bits per heavy atom. The van der Waals surface area contributed by atoms with Crippen LogP contribution in [0.1, 0.15) is 25.5 Å². The van der Waals surface area contributed by atoms with Crippen molar-refractivity contribution < 1.29 is 34.0 Å². The molecule has 13 heteroatoms. The lowest BCUT2D eigenvalue weighted by Crippen LogP contribution is -2.34. The zero-order chi connectivity index (χ0) is 21.5. The molecular formula is C17H24ClN4O7P. The Bertz CT molecular complexity index is 948. The SMILES string of the molecule is O=P(O)(O)COC[C@H]1O[C@@H](n2ccc3c(N4CCCCC4)nc(Cl)nc32)[C@H](O)[C@@H]1O. The first kappa shape index (κ1) is 21.9. The van der Waals surface area contributed by atoms with Crippen molar-refractivity contribution in [1.29, 1.82) is 0 Å². The molecule has 0 bridgehead atoms. The van der Waals surface area contributed by atoms with Crippen molar-refractivity contribution in [2.24, 2.45) is 0 Å². The maximum Gasteiger partial charge on any atom is 0.350 e. The van der Waals surface area contributed by atoms with E-state index < -0.39 is 38.5 Å². The van der Waals surface area contributed by atoms with Crippen molar-refractivity contribution in [2.45, 2.75) is 43.8 Å². The molecule has 4 N–H and O–H groups in total. The summed E-state index contributed by atoms with van der Waals surface area (Å²) in [5.74, 6) is 0.720. The maximum absolute atomic E-state index is 10.9. The van der Waals surface area contributed by atoms with Crippen LogP contribution in [0.4, 0.5) is 5.82 Å². The summed E-state index contributed by atoms with van der Waals surface area (Å²) in [6.07, 6.45) is -0.343. The van der Waals surface area contributed by atoms with Gasteiger partial charge in [0, 0.05) is 19.3 Å². The van der Waals surface area contributed by atoms with Crippen LogP contribution < -0.4 is 4.90 Å². The summed E-state index contributed by atoms with van der Waals surface area (Å²) in [7, 11) is -4.34. The molecule has 11 nitrogen and oxygen atoms in total. The number of anilines is 1. The molecule has 2 aromatic rings. The number of nitrogens with zero attached hydrogens (tertiary/aromatic N) is 4. The molecule has 0 radical (unpaired) electrons. The number of hydrogen-bond acceptors (Lipinski definition) is 8. The molecule has 0 aliphatic carbocycles. The fourth-order valence-corrected chi connectivity index (χ4v) is 4.43. The van der Waals surface area contributed by atoms with Gasteiger partial charge in [-0.3, -0.25) is 4.57 Å². The first-order chi connectivity index (χ1) is 14.2. The molecule has 0 amide bonds. The van der Waals surface area contributed by atoms with Crippen molar-refractivity contribution in [3.8, 4) is 0 Å². The minimum absolute atomic E-state index is 0.0672. The third-order valence-electron chi connectivity index (χ3n) is 5.33. The second kappa shape index (κ2) is 8.68. The fourth-order valence-electron chi connectivity index (χ4n) is 3.93. The van der Waals surface area contributed by atoms with Gasteiger partial charge in [-0.05, 0) is 36.9 Å². The number of rotatable bonds is 6. The van der Waals surface area contributed by atoms with E-state index in [2.05, 4.69) is 14.9 Å². The van der Waals surface area contributed by atoms with E-state index in [4.69, 9.17) is 30.9 Å². The molecule has 0 unspecified atom stereocenters. The predicted molar refractivity (Wildman–Crippen MR) is 107 cm³/mol. The zero-order valence-electron chi connectivity index (χ0n) is 16.0. The minimum atomic E-state index is -4.34. The van der Waals surface area contributed by atoms with Gasteiger partial charge in [0.15, 0.2) is 6.23 Å². The van der Waals surface area contributed by atoms with Crippen molar-refractivity contribution in [2.75, 3.05) is 30.9 Å². The molecule has 0 aromatic carbocycles. The summed E-state index contributed by atoms with van der Waals surface area (Å²) >= 11 is 6.17. The second-order valence-corrected chi connectivity index (χ2v) is 9.46. The molecule has 2 fully saturated rings. The number of halogens is 1. The second-order valence-electron chi connectivity index (χ2n) is 7.54. The highest BCUT2D eigenvalue weighted by Crippen LogP contribution is 2.37. The molecule has 2 saturated heterocycles. The summed E-state index contributed by atoms with van der Waals surface area (Å²) in [6.45, 7) is 1.45. The average Bonchev–Trinajstić information content (AvgIpc) is 3.23. The standard InChI is InChI=1S/C17H24ClN4O7P/c18-17-19-14(21-5-2-1-3-6-21)10-4-7-22(15(10)20-17)16-13(24)12(23)11(29-16)8-28-9-30(25,26)27/h4,7,11-13,16,23-24H,1-3,5-6,8-9H2,(H2,25,26,27)/t11-,12-,13-,16-/m1/s1. The Balaban J connectivity index is 1.58. The van der Waals surface area contributed by atoms with Gasteiger partial charge in [0.05, 0.1) is 12.0 Å². The van der Waals surface area contributed by atoms with E-state index in [9.17, 15) is 14.8 Å². The molecule has 30 heavy (non-hydrogen) atoms. The van der Waals surface area contributed by atoms with Crippen LogP contribution >= 0.6 is 19.2 Å². The van der Waals surface area contributed by atoms with Gasteiger partial charge in [0.2, 0.25) is 5.28 Å². The van der Waals surface area contributed by atoms with Crippen LogP contribution in [0.25, 0.3) is 11.0 Å². The van der Waals surface area contributed by atoms with Crippen LogP contribution in [0.15, 0.2) is 12.3 Å². The predicted octanol–water partition coefficient (Wildman–Crippen LogP) is 0.846. The van der Waals surface area contributed by atoms with Crippen molar-refractivity contribution >= 4 is 36.0 Å². The van der Waals surface area contributed by atoms with Gasteiger partial charge in [-0.15, -0.1) is 0 Å². The van der Waals surface area contributed by atoms with E-state index in [1.165, 1.54) is 6.42 Å². The van der Waals surface area contributed by atoms with E-state index in [1.807, 2.05) is 6.07 Å². The lowest BCUT2D eigenvalue weighted by molar-refractivity contribution is -0.0610. The van der Waals surface area contributed by atoms with E-state index in [0.29, 0.717) is 5.65 Å². The molecule has 0 spiro atoms. The Hall–Kier alpha value is -1.30. The summed E-state index contributed by atoms with van der Waals surface area (Å²) in [5, 5.41) is 21.7. The van der Waals surface area contributed by atoms with Crippen LogP contribution in [-0.2, 0) is 14.0 Å². The van der Waals surface area contributed by atoms with Gasteiger partial charge in [0.1, 0.15) is 36.1 Å². The maximum atomic E-state index is 10.9. The highest BCUT2D eigenvalue weighted by molar-refractivity contribution is 7.51. The molecule has 4 rings (SSSR count). The smallest absolute Gasteiger partial charge is 0.350 e. The summed E-state index contributed by atoms with van der Waals surface area (Å²) in [4.78, 5) is 28.6. The van der Waals surface area contributed by atoms with Gasteiger partial charge in [-0.25, -0.2) is 0 Å². The Labute approximate surface area is 177 Å². The first-order valence-corrected chi connectivity index (χ1v) is 11.8. The summed E-state index contributed by atoms with van der Waals surface area (Å²) in [5.41, 5.74) is 0.462. The Kier molecular flexibility index (Phi) is 6.34. The molecule has 2 aromatic heterocycles. The van der Waals surface area contributed by atoms with Crippen LogP contribution in [0.5, 0.6) is 0 Å². The molecule has 2 aliphatic rings. The summed E-state index contributed by atoms with van der Waals surface area (Å²) in [6, 6.07) is 1.82. The van der Waals surface area contributed by atoms with E-state index in [0.717, 1.165) is 37.1 Å². The number of aliphatic hydroxyl groups is 2. The molecular weight excluding hydrogens is 439 g/mol. The van der Waals surface area contributed by atoms with Gasteiger partial charge in [-0.2, -0.15) is 9.97 Å². The van der Waals surface area contributed by atoms with Crippen molar-refractivity contribution in [3.63, 3.8) is 0 Å². The Morgan fingerprint density at radius 3 is 2.63 bits per heavy atom. The number of aliphatic hydroxyl groups excluding tert-OH is 2. The van der Waals surface area contributed by atoms with E-state index in [-0.39, 0.29) is 11.9 Å². The molecule has 2 aliphatic heterocycles. The Morgan fingerprint density at radius 1 is 1.20 bits per heavy atom. The van der Waals surface area contributed by atoms with Gasteiger partial charge in [-0.1, -0.05) is 0 Å². The minimum Gasteiger partial charge on any atom is -0.387 e. The van der Waals surface area contributed by atoms with Crippen LogP contribution in [0, 0.1) is 0 Å². The quantitative estimate of drug-likeness (QED) is 0.359. The average molecular weight is 463 g/mol. The number of ether oxygens (including phenoxy) is 2. The third kappa shape index (κ3) is 4.49. The topological polar surface area (TPSA) is 150 Å². The number of piperidine rings is 1. The zero-order valence-corrected chi connectivity index (χ0v) is 17.7. The third-order valence-corrected chi connectivity index (χ3v) is 6.02. The van der Waals surface area contributed by atoms with E-state index in [1.54, 1.807) is 10.8 Å². The number of hydrogen-bond donors (Lipinski definition) is 4. The highest BCUT2D eigenvalue weighted by Gasteiger charge is 2.44. The number of fused-ring (bicyclic) bond motifs is 1. The molecule has 4 atom stereocenters. The van der Waals surface area contributed by atoms with Crippen molar-refractivity contribution in [3.05, 3.63) is 17.5 Å². The van der Waals surface area contributed by atoms with Crippen molar-refractivity contribution in [1.82, 2.24) is 14.5 Å². The first-order valence-electron chi connectivity index (χ1n) is 9.67. The van der Waals surface area contributed by atoms with Gasteiger partial charge < -0.3 is 38.9 Å². The van der Waals surface area contributed by atoms with Gasteiger partial charge >= 0.3 is 7.60 Å². The molecule has 4 heterocycles. The molecule has 166 valence electrons. The van der Waals surface area contributed by atoms with Gasteiger partial charge in [0.25, 0.3) is 0 Å². The monoisotopic (exact) mass is 462 g/mol. The normalized spacial score (nSPS) is 27.8. The van der Waals surface area contributed by atoms with Crippen LogP contribution in [0.3, 0.4) is 0 Å². The highest BCUT2D eigenvalue weighted by atomic mass is 35.5. The molecule has 0 saturated carbocycles. The van der Waals surface area contributed by atoms with Crippen LogP contribution in [0.2, 0.25) is 5.28 Å². The number of aromatic nitrogens is 3. The van der Waals surface area contributed by atoms with E-state index >= 15 is 0 Å².